The number of carboxylic acid groups (broad SMARTS) is 2. The summed E-state index contributed by atoms with van der Waals surface area (Å²) in [6, 6.07) is 41.2. The van der Waals surface area contributed by atoms with Crippen molar-refractivity contribution in [3.8, 4) is 0 Å². The Labute approximate surface area is 855 Å². The summed E-state index contributed by atoms with van der Waals surface area (Å²) in [7, 11) is 2.01. The van der Waals surface area contributed by atoms with E-state index in [1.165, 1.54) is 78.7 Å². The second-order valence-electron chi connectivity index (χ2n) is 27.0. The third-order valence-electron chi connectivity index (χ3n) is 17.5. The van der Waals surface area contributed by atoms with E-state index in [1.807, 2.05) is 91.0 Å². The van der Waals surface area contributed by atoms with Crippen LogP contribution in [0.4, 0.5) is 44.6 Å². The number of ether oxygens (including phenoxy) is 9. The van der Waals surface area contributed by atoms with E-state index in [2.05, 4.69) is 113 Å². The number of hydrogen-bond donors (Lipinski definition) is 9. The number of halogens is 6. The van der Waals surface area contributed by atoms with E-state index in [0.29, 0.717) is 74.2 Å². The third-order valence-corrected chi connectivity index (χ3v) is 20.4. The second kappa shape index (κ2) is 65.1. The van der Waals surface area contributed by atoms with Crippen LogP contribution in [0.15, 0.2) is 266 Å². The fraction of sp³-hybridized carbons (Fsp3) is 0.264. The van der Waals surface area contributed by atoms with Crippen LogP contribution in [0.25, 0.3) is 27.0 Å². The van der Waals surface area contributed by atoms with E-state index >= 15 is 0 Å². The fourth-order valence-electron chi connectivity index (χ4n) is 10.6. The number of alkyl halides is 3. The SMILES string of the molecule is COC(=O)/C(=C/c1occc1Br)NC(=O)OCc1ccccc1.COC(=O)C(Cc1ccco1)N=[N+]=[N-].COC(=O)C(Cc1occc1Br)NC(=O)OCc1ccccc1.COC(=O)C(N)Cc1ccco1.COC(=O)CNC(=O)OCc1ccccc1.COC(=O)[C@H]1Cc2occc2N1.O=C(O)[C@H]1Cc2occc2N1.O=C(O)[C@H]1Cc2occc2N1.O=Cc1occc1Br.[B].[H-].[N-]=[N+]=NS(=O)(=O)C(F)(F)F.[Na+]. The zero-order valence-corrected chi connectivity index (χ0v) is 83.4. The van der Waals surface area contributed by atoms with Gasteiger partial charge in [0.05, 0.1) is 123 Å². The number of sulfonamides is 1. The maximum absolute atomic E-state index is 11.9. The van der Waals surface area contributed by atoms with Gasteiger partial charge in [0, 0.05) is 67.4 Å². The van der Waals surface area contributed by atoms with Crippen LogP contribution in [0, 0.1) is 0 Å². The van der Waals surface area contributed by atoms with Gasteiger partial charge in [-0.25, -0.2) is 46.8 Å². The largest absolute Gasteiger partial charge is 1.00 e. The molecule has 14 rings (SSSR count). The zero-order valence-electron chi connectivity index (χ0n) is 76.8. The molecule has 55 heteroatoms. The minimum atomic E-state index is -5.64. The van der Waals surface area contributed by atoms with E-state index in [0.717, 1.165) is 51.0 Å². The smallest absolute Gasteiger partial charge is 1.00 e. The number of rotatable bonds is 27. The monoisotopic (exact) mass is 2200 g/mol. The number of azide groups is 2. The first kappa shape index (κ1) is 121. The molecule has 11 heterocycles. The Kier molecular flexibility index (Phi) is 55.6. The van der Waals surface area contributed by atoms with Crippen LogP contribution in [0.1, 0.15) is 69.0 Å². The predicted molar refractivity (Wildman–Crippen MR) is 498 cm³/mol. The number of anilines is 3. The van der Waals surface area contributed by atoms with Crippen molar-refractivity contribution in [1.29, 1.82) is 0 Å². The van der Waals surface area contributed by atoms with E-state index in [-0.39, 0.29) is 96.3 Å². The number of benzene rings is 3. The molecule has 11 aromatic rings. The molecular weight excluding hydrogens is 2120 g/mol. The minimum Gasteiger partial charge on any atom is -1.00 e. The summed E-state index contributed by atoms with van der Waals surface area (Å²) in [4.78, 5) is 137. The maximum atomic E-state index is 11.9. The third kappa shape index (κ3) is 44.1. The second-order valence-corrected chi connectivity index (χ2v) is 31.1. The Balaban J connectivity index is 0.000000544. The molecular formula is C87H90BBr3F3N13NaO33S. The number of hydrogen-bond acceptors (Lipinski definition) is 36. The first-order chi connectivity index (χ1) is 66.9. The number of nitrogens with two attached hydrogens (primary N) is 1. The van der Waals surface area contributed by atoms with E-state index in [9.17, 15) is 79.1 Å². The molecule has 0 spiro atoms. The number of furan rings is 8. The number of carboxylic acids is 2. The number of aliphatic carboxylic acids is 2. The number of aldehydes is 1. The number of carbonyl (C=O) groups excluding carboxylic acids is 10. The molecule has 3 aliphatic rings. The first-order valence-electron chi connectivity index (χ1n) is 39.8. The molecule has 3 radical (unpaired) electrons. The Morgan fingerprint density at radius 3 is 1.32 bits per heavy atom. The van der Waals surface area contributed by atoms with Crippen LogP contribution < -0.4 is 67.2 Å². The van der Waals surface area contributed by atoms with Gasteiger partial charge in [0.15, 0.2) is 12.0 Å². The predicted octanol–water partition coefficient (Wildman–Crippen LogP) is 11.5. The molecule has 3 aromatic carbocycles. The number of fused-ring (bicyclic) bond motifs is 3. The van der Waals surface area contributed by atoms with Crippen LogP contribution >= 0.6 is 47.8 Å². The molecule has 6 atom stereocenters. The molecule has 0 saturated carbocycles. The van der Waals surface area contributed by atoms with Gasteiger partial charge in [-0.05, 0) is 136 Å². The van der Waals surface area contributed by atoms with E-state index in [1.54, 1.807) is 90.2 Å². The van der Waals surface area contributed by atoms with Gasteiger partial charge in [0.1, 0.15) is 109 Å². The summed E-state index contributed by atoms with van der Waals surface area (Å²) < 4.78 is 139. The summed E-state index contributed by atoms with van der Waals surface area (Å²) in [5.74, 6) is 0.0646. The topological polar surface area (TPSA) is 663 Å². The molecule has 10 N–H and O–H groups in total. The van der Waals surface area contributed by atoms with Crippen LogP contribution in [0.5, 0.6) is 0 Å². The number of carbonyl (C=O) groups is 12. The number of esters is 6. The number of nitrogens with zero attached hydrogens (tertiary/aromatic N) is 6. The summed E-state index contributed by atoms with van der Waals surface area (Å²) in [5, 5.41) is 36.3. The molecule has 0 bridgehead atoms. The van der Waals surface area contributed by atoms with Gasteiger partial charge in [0.2, 0.25) is 0 Å². The molecule has 3 aliphatic heterocycles. The molecule has 0 fully saturated rings. The Morgan fingerprint density at radius 1 is 0.521 bits per heavy atom. The molecule has 0 aliphatic carbocycles. The summed E-state index contributed by atoms with van der Waals surface area (Å²) >= 11 is 9.66. The van der Waals surface area contributed by atoms with Crippen LogP contribution in [0.2, 0.25) is 0 Å². The Morgan fingerprint density at radius 2 is 0.951 bits per heavy atom. The first-order valence-corrected chi connectivity index (χ1v) is 43.6. The normalized spacial score (nSPS) is 13.2. The Hall–Kier alpha value is -14.9. The summed E-state index contributed by atoms with van der Waals surface area (Å²) in [5.41, 5.74) is 20.5. The summed E-state index contributed by atoms with van der Waals surface area (Å²) in [6.07, 6.45) is 14.2. The van der Waals surface area contributed by atoms with Crippen molar-refractivity contribution in [2.45, 2.75) is 100 Å². The standard InChI is InChI=1S/C16H16BrNO5.C16H14BrNO5.C11H13NO4.C8H9N3O3.C8H9NO3.C8H11NO3.2C7H7NO3.C5H3BrO2.CF3N3O2S.B.Na.H/c2*1-21-15(19)13(9-14-12(17)7-8-22-14)18-16(20)23-10-11-5-3-2-4-6-11;1-15-10(13)7-12-11(14)16-8-9-5-3-2-4-6-9;1-13-8(12)7(10-11-9)5-6-3-2-4-14-6;1-11-8(10)6-4-7-5(9-6)2-3-12-7;1-11-8(10)7(9)5-6-3-2-4-12-6;2*9-7(10)5-3-6-4(8-5)1-2-11-6;6-4-1-2-8-5(4)3-7;2-1(3,4)10(8,9)7-6-5;;;/h2-8,13H,9-10H2,1H3,(H,18,20);2-9H,10H2,1H3,(H,18,20);2-6H,7-8H2,1H3,(H,12,14);2-4,7H,5H2,1H3;2-3,6,9H,4H2,1H3;2-4,7H,5,9H2,1H3;2*1-2,5,8H,3H2,(H,9,10);1-3H;;;;/q;;;;;;;;;;;+1;-1/b;13-9-;;;;;;;;;;;/t;;;;6-;;2*5-;;;;;/m....1.11...../s1. The molecule has 3 unspecified atom stereocenters. The van der Waals surface area contributed by atoms with Crippen molar-refractivity contribution in [2.24, 2.45) is 15.4 Å². The quantitative estimate of drug-likeness (QED) is 0.00337. The van der Waals surface area contributed by atoms with Gasteiger partial charge < -0.3 is 122 Å². The Bertz CT molecular complexity index is 5910. The van der Waals surface area contributed by atoms with Gasteiger partial charge in [-0.15, -0.1) is 0 Å². The maximum Gasteiger partial charge on any atom is 1.00 e. The number of amides is 3. The molecule has 753 valence electrons. The van der Waals surface area contributed by atoms with Crippen molar-refractivity contribution in [1.82, 2.24) is 16.0 Å². The van der Waals surface area contributed by atoms with Crippen LogP contribution in [-0.4, -0.2) is 190 Å². The van der Waals surface area contributed by atoms with Gasteiger partial charge in [-0.3, -0.25) is 24.5 Å². The van der Waals surface area contributed by atoms with Crippen molar-refractivity contribution >= 4 is 162 Å². The fourth-order valence-corrected chi connectivity index (χ4v) is 11.8. The van der Waals surface area contributed by atoms with Gasteiger partial charge in [-0.2, -0.15) is 13.2 Å². The van der Waals surface area contributed by atoms with Crippen LogP contribution in [0.3, 0.4) is 0 Å². The van der Waals surface area contributed by atoms with E-state index in [4.69, 9.17) is 81.3 Å². The van der Waals surface area contributed by atoms with Gasteiger partial charge in [0.25, 0.3) is 0 Å². The molecule has 8 aromatic heterocycles. The number of nitrogens with one attached hydrogen (secondary N) is 6. The zero-order chi connectivity index (χ0) is 103. The summed E-state index contributed by atoms with van der Waals surface area (Å²) in [6.45, 7) is 0.189. The van der Waals surface area contributed by atoms with Crippen LogP contribution in [-0.2, 0) is 149 Å². The van der Waals surface area contributed by atoms with Gasteiger partial charge in [-0.1, -0.05) is 96.1 Å². The van der Waals surface area contributed by atoms with Gasteiger partial charge >= 0.3 is 111 Å². The van der Waals surface area contributed by atoms with E-state index < -0.39 is 106 Å². The molecule has 46 nitrogen and oxygen atoms in total. The number of methoxy groups -OCH3 is 6. The van der Waals surface area contributed by atoms with Crippen molar-refractivity contribution in [3.05, 3.63) is 305 Å². The van der Waals surface area contributed by atoms with Crippen molar-refractivity contribution in [2.75, 3.05) is 65.2 Å². The average molecular weight is 2210 g/mol. The number of alkyl carbamates (subject to hydrolysis) is 3. The van der Waals surface area contributed by atoms with Crippen molar-refractivity contribution in [3.63, 3.8) is 0 Å². The molecule has 0 saturated heterocycles. The minimum absolute atomic E-state index is 0. The average Bonchev–Trinajstić information content (AvgIpc) is 1.71. The van der Waals surface area contributed by atoms with Crippen molar-refractivity contribution < 1.29 is 198 Å². The molecule has 142 heavy (non-hydrogen) atoms. The molecule has 3 amide bonds.